The van der Waals surface area contributed by atoms with Crippen LogP contribution in [-0.2, 0) is 6.42 Å². The quantitative estimate of drug-likeness (QED) is 0.828. The molecule has 4 heteroatoms. The van der Waals surface area contributed by atoms with Crippen LogP contribution in [-0.4, -0.2) is 11.7 Å². The SMILES string of the molecule is CCc1cc(OCC(O)c2ccccc2N)ccc1Cl. The van der Waals surface area contributed by atoms with E-state index in [-0.39, 0.29) is 6.61 Å². The normalized spacial score (nSPS) is 12.2. The smallest absolute Gasteiger partial charge is 0.119 e. The Bertz CT molecular complexity index is 586. The van der Waals surface area contributed by atoms with Crippen molar-refractivity contribution in [3.05, 3.63) is 58.6 Å². The molecule has 0 radical (unpaired) electrons. The fourth-order valence-electron chi connectivity index (χ4n) is 1.99. The van der Waals surface area contributed by atoms with Crippen molar-refractivity contribution < 1.29 is 9.84 Å². The highest BCUT2D eigenvalue weighted by Crippen LogP contribution is 2.25. The first kappa shape index (κ1) is 14.7. The van der Waals surface area contributed by atoms with Crippen molar-refractivity contribution >= 4 is 17.3 Å². The molecule has 2 aromatic rings. The van der Waals surface area contributed by atoms with Gasteiger partial charge in [0.25, 0.3) is 0 Å². The molecule has 106 valence electrons. The average molecular weight is 292 g/mol. The Morgan fingerprint density at radius 1 is 1.25 bits per heavy atom. The Labute approximate surface area is 123 Å². The molecular formula is C16H18ClNO2. The van der Waals surface area contributed by atoms with Gasteiger partial charge in [-0.3, -0.25) is 0 Å². The lowest BCUT2D eigenvalue weighted by atomic mass is 10.1. The molecule has 0 amide bonds. The Morgan fingerprint density at radius 3 is 2.70 bits per heavy atom. The average Bonchev–Trinajstić information content (AvgIpc) is 2.46. The van der Waals surface area contributed by atoms with Crippen LogP contribution in [0.1, 0.15) is 24.2 Å². The van der Waals surface area contributed by atoms with Crippen molar-refractivity contribution in [1.29, 1.82) is 0 Å². The van der Waals surface area contributed by atoms with Crippen molar-refractivity contribution in [3.8, 4) is 5.75 Å². The topological polar surface area (TPSA) is 55.5 Å². The number of benzene rings is 2. The van der Waals surface area contributed by atoms with Gasteiger partial charge in [0.15, 0.2) is 0 Å². The van der Waals surface area contributed by atoms with Crippen molar-refractivity contribution in [2.24, 2.45) is 0 Å². The molecule has 0 spiro atoms. The Balaban J connectivity index is 2.03. The third-order valence-electron chi connectivity index (χ3n) is 3.16. The van der Waals surface area contributed by atoms with E-state index in [1.807, 2.05) is 25.1 Å². The maximum atomic E-state index is 10.1. The number of rotatable bonds is 5. The van der Waals surface area contributed by atoms with E-state index in [2.05, 4.69) is 0 Å². The number of hydrogen-bond acceptors (Lipinski definition) is 3. The summed E-state index contributed by atoms with van der Waals surface area (Å²) in [6.07, 6.45) is 0.0847. The van der Waals surface area contributed by atoms with Gasteiger partial charge in [-0.15, -0.1) is 0 Å². The summed E-state index contributed by atoms with van der Waals surface area (Å²) in [6.45, 7) is 2.18. The van der Waals surface area contributed by atoms with Gasteiger partial charge in [-0.05, 0) is 36.2 Å². The summed E-state index contributed by atoms with van der Waals surface area (Å²) >= 11 is 6.05. The first-order valence-electron chi connectivity index (χ1n) is 6.55. The first-order chi connectivity index (χ1) is 9.61. The number of aliphatic hydroxyl groups excluding tert-OH is 1. The second-order valence-corrected chi connectivity index (χ2v) is 4.97. The van der Waals surface area contributed by atoms with Gasteiger partial charge < -0.3 is 15.6 Å². The van der Waals surface area contributed by atoms with E-state index in [4.69, 9.17) is 22.1 Å². The molecule has 1 atom stereocenters. The summed E-state index contributed by atoms with van der Waals surface area (Å²) in [5.41, 5.74) is 8.09. The van der Waals surface area contributed by atoms with E-state index < -0.39 is 6.10 Å². The molecule has 0 aliphatic carbocycles. The first-order valence-corrected chi connectivity index (χ1v) is 6.93. The van der Waals surface area contributed by atoms with Crippen LogP contribution in [0.2, 0.25) is 5.02 Å². The molecule has 2 aromatic carbocycles. The summed E-state index contributed by atoms with van der Waals surface area (Å²) in [6, 6.07) is 12.7. The molecule has 0 aliphatic heterocycles. The van der Waals surface area contributed by atoms with Crippen LogP contribution < -0.4 is 10.5 Å². The Kier molecular flexibility index (Phi) is 4.88. The van der Waals surface area contributed by atoms with Gasteiger partial charge >= 0.3 is 0 Å². The van der Waals surface area contributed by atoms with Crippen molar-refractivity contribution in [1.82, 2.24) is 0 Å². The zero-order chi connectivity index (χ0) is 14.5. The lowest BCUT2D eigenvalue weighted by Gasteiger charge is -2.15. The fourth-order valence-corrected chi connectivity index (χ4v) is 2.24. The second kappa shape index (κ2) is 6.64. The number of nitrogens with two attached hydrogens (primary N) is 1. The minimum atomic E-state index is -0.753. The Morgan fingerprint density at radius 2 is 2.00 bits per heavy atom. The number of nitrogen functional groups attached to an aromatic ring is 1. The minimum Gasteiger partial charge on any atom is -0.491 e. The lowest BCUT2D eigenvalue weighted by molar-refractivity contribution is 0.109. The van der Waals surface area contributed by atoms with Crippen LogP contribution in [0.3, 0.4) is 0 Å². The van der Waals surface area contributed by atoms with Crippen molar-refractivity contribution in [2.75, 3.05) is 12.3 Å². The number of anilines is 1. The van der Waals surface area contributed by atoms with Crippen molar-refractivity contribution in [2.45, 2.75) is 19.4 Å². The largest absolute Gasteiger partial charge is 0.491 e. The van der Waals surface area contributed by atoms with Crippen LogP contribution in [0.4, 0.5) is 5.69 Å². The molecule has 0 saturated carbocycles. The van der Waals surface area contributed by atoms with Gasteiger partial charge in [0.2, 0.25) is 0 Å². The number of ether oxygens (including phenoxy) is 1. The summed E-state index contributed by atoms with van der Waals surface area (Å²) in [7, 11) is 0. The number of aryl methyl sites for hydroxylation is 1. The van der Waals surface area contributed by atoms with Crippen LogP contribution in [0, 0.1) is 0 Å². The Hall–Kier alpha value is -1.71. The molecular weight excluding hydrogens is 274 g/mol. The zero-order valence-corrected chi connectivity index (χ0v) is 12.1. The van der Waals surface area contributed by atoms with Gasteiger partial charge in [-0.25, -0.2) is 0 Å². The number of hydrogen-bond donors (Lipinski definition) is 2. The summed E-state index contributed by atoms with van der Waals surface area (Å²) in [5, 5.41) is 10.8. The summed E-state index contributed by atoms with van der Waals surface area (Å²) in [5.74, 6) is 0.694. The zero-order valence-electron chi connectivity index (χ0n) is 11.3. The highest BCUT2D eigenvalue weighted by atomic mass is 35.5. The van der Waals surface area contributed by atoms with Crippen LogP contribution >= 0.6 is 11.6 Å². The molecule has 1 unspecified atom stereocenters. The van der Waals surface area contributed by atoms with E-state index in [9.17, 15) is 5.11 Å². The van der Waals surface area contributed by atoms with Gasteiger partial charge in [0, 0.05) is 16.3 Å². The monoisotopic (exact) mass is 291 g/mol. The third kappa shape index (κ3) is 3.44. The summed E-state index contributed by atoms with van der Waals surface area (Å²) in [4.78, 5) is 0. The third-order valence-corrected chi connectivity index (χ3v) is 3.53. The molecule has 0 fully saturated rings. The molecule has 0 heterocycles. The molecule has 2 rings (SSSR count). The molecule has 20 heavy (non-hydrogen) atoms. The number of halogens is 1. The number of para-hydroxylation sites is 1. The van der Waals surface area contributed by atoms with E-state index in [0.717, 1.165) is 17.0 Å². The molecule has 0 aliphatic rings. The highest BCUT2D eigenvalue weighted by molar-refractivity contribution is 6.31. The van der Waals surface area contributed by atoms with Gasteiger partial charge in [0.1, 0.15) is 18.5 Å². The van der Waals surface area contributed by atoms with E-state index in [1.165, 1.54) is 0 Å². The molecule has 3 N–H and O–H groups in total. The van der Waals surface area contributed by atoms with Gasteiger partial charge in [0.05, 0.1) is 0 Å². The predicted molar refractivity (Wildman–Crippen MR) is 82.1 cm³/mol. The highest BCUT2D eigenvalue weighted by Gasteiger charge is 2.11. The minimum absolute atomic E-state index is 0.152. The molecule has 3 nitrogen and oxygen atoms in total. The lowest BCUT2D eigenvalue weighted by Crippen LogP contribution is -2.11. The van der Waals surface area contributed by atoms with Crippen LogP contribution in [0.15, 0.2) is 42.5 Å². The van der Waals surface area contributed by atoms with Gasteiger partial charge in [-0.1, -0.05) is 36.7 Å². The van der Waals surface area contributed by atoms with Gasteiger partial charge in [-0.2, -0.15) is 0 Å². The number of aliphatic hydroxyl groups is 1. The van der Waals surface area contributed by atoms with E-state index >= 15 is 0 Å². The molecule has 0 aromatic heterocycles. The summed E-state index contributed by atoms with van der Waals surface area (Å²) < 4.78 is 5.61. The maximum absolute atomic E-state index is 10.1. The fraction of sp³-hybridized carbons (Fsp3) is 0.250. The molecule has 0 saturated heterocycles. The second-order valence-electron chi connectivity index (χ2n) is 4.56. The standard InChI is InChI=1S/C16H18ClNO2/c1-2-11-9-12(7-8-14(11)17)20-10-16(19)13-5-3-4-6-15(13)18/h3-9,16,19H,2,10,18H2,1H3. The molecule has 0 bridgehead atoms. The van der Waals surface area contributed by atoms with E-state index in [1.54, 1.807) is 24.3 Å². The predicted octanol–water partition coefficient (Wildman–Crippen LogP) is 3.60. The van der Waals surface area contributed by atoms with Crippen LogP contribution in [0.25, 0.3) is 0 Å². The maximum Gasteiger partial charge on any atom is 0.119 e. The van der Waals surface area contributed by atoms with Crippen molar-refractivity contribution in [3.63, 3.8) is 0 Å². The van der Waals surface area contributed by atoms with E-state index in [0.29, 0.717) is 17.0 Å². The van der Waals surface area contributed by atoms with Crippen LogP contribution in [0.5, 0.6) is 5.75 Å².